The highest BCUT2D eigenvalue weighted by atomic mass is 16.5. The quantitative estimate of drug-likeness (QED) is 0.813. The highest BCUT2D eigenvalue weighted by Crippen LogP contribution is 2.35. The van der Waals surface area contributed by atoms with Gasteiger partial charge in [-0.15, -0.1) is 0 Å². The van der Waals surface area contributed by atoms with E-state index < -0.39 is 0 Å². The molecule has 0 aromatic heterocycles. The number of ether oxygens (including phenoxy) is 1. The molecule has 0 amide bonds. The van der Waals surface area contributed by atoms with Crippen LogP contribution in [0.3, 0.4) is 0 Å². The van der Waals surface area contributed by atoms with E-state index in [1.807, 2.05) is 0 Å². The van der Waals surface area contributed by atoms with Gasteiger partial charge in [0.1, 0.15) is 0 Å². The summed E-state index contributed by atoms with van der Waals surface area (Å²) in [6.45, 7) is 9.19. The highest BCUT2D eigenvalue weighted by molar-refractivity contribution is 4.82. The fourth-order valence-corrected chi connectivity index (χ4v) is 3.45. The molecular weight excluding hydrogens is 210 g/mol. The third-order valence-electron chi connectivity index (χ3n) is 4.64. The molecule has 2 fully saturated rings. The Kier molecular flexibility index (Phi) is 4.87. The summed E-state index contributed by atoms with van der Waals surface area (Å²) in [4.78, 5) is 0. The van der Waals surface area contributed by atoms with Gasteiger partial charge in [0.05, 0.1) is 12.7 Å². The van der Waals surface area contributed by atoms with Crippen molar-refractivity contribution in [1.29, 1.82) is 0 Å². The van der Waals surface area contributed by atoms with Crippen molar-refractivity contribution in [2.45, 2.75) is 65.0 Å². The molecule has 2 rings (SSSR count). The van der Waals surface area contributed by atoms with E-state index in [9.17, 15) is 0 Å². The summed E-state index contributed by atoms with van der Waals surface area (Å²) in [5.74, 6) is 2.41. The highest BCUT2D eigenvalue weighted by Gasteiger charge is 2.31. The summed E-state index contributed by atoms with van der Waals surface area (Å²) in [5.41, 5.74) is 0. The van der Waals surface area contributed by atoms with Crippen LogP contribution in [0.4, 0.5) is 0 Å². The lowest BCUT2D eigenvalue weighted by molar-refractivity contribution is -0.0443. The van der Waals surface area contributed by atoms with Gasteiger partial charge in [0.2, 0.25) is 0 Å². The van der Waals surface area contributed by atoms with E-state index in [-0.39, 0.29) is 0 Å². The molecule has 4 atom stereocenters. The van der Waals surface area contributed by atoms with Gasteiger partial charge in [-0.3, -0.25) is 0 Å². The summed E-state index contributed by atoms with van der Waals surface area (Å²) >= 11 is 0. The van der Waals surface area contributed by atoms with E-state index in [4.69, 9.17) is 4.74 Å². The van der Waals surface area contributed by atoms with Gasteiger partial charge in [0.15, 0.2) is 0 Å². The van der Waals surface area contributed by atoms with Gasteiger partial charge >= 0.3 is 0 Å². The van der Waals surface area contributed by atoms with Crippen LogP contribution in [-0.2, 0) is 4.74 Å². The Morgan fingerprint density at radius 3 is 2.71 bits per heavy atom. The van der Waals surface area contributed by atoms with Gasteiger partial charge in [-0.2, -0.15) is 0 Å². The molecule has 1 saturated heterocycles. The average Bonchev–Trinajstić information content (AvgIpc) is 2.78. The van der Waals surface area contributed by atoms with E-state index in [2.05, 4.69) is 26.1 Å². The second-order valence-electron chi connectivity index (χ2n) is 6.49. The summed E-state index contributed by atoms with van der Waals surface area (Å²) in [7, 11) is 0. The third-order valence-corrected chi connectivity index (χ3v) is 4.64. The minimum Gasteiger partial charge on any atom is -0.376 e. The predicted molar refractivity (Wildman–Crippen MR) is 72.1 cm³/mol. The molecule has 2 nitrogen and oxygen atoms in total. The Bertz CT molecular complexity index is 223. The molecule has 0 bridgehead atoms. The Morgan fingerprint density at radius 1 is 1.24 bits per heavy atom. The molecule has 1 heterocycles. The second kappa shape index (κ2) is 6.19. The van der Waals surface area contributed by atoms with Crippen LogP contribution < -0.4 is 5.32 Å². The molecular formula is C15H29NO. The maximum atomic E-state index is 6.25. The monoisotopic (exact) mass is 239 g/mol. The average molecular weight is 239 g/mol. The Balaban J connectivity index is 1.81. The van der Waals surface area contributed by atoms with Crippen LogP contribution in [0.25, 0.3) is 0 Å². The number of nitrogens with one attached hydrogen (secondary N) is 1. The Morgan fingerprint density at radius 2 is 2.06 bits per heavy atom. The molecule has 0 spiro atoms. The van der Waals surface area contributed by atoms with Crippen LogP contribution in [0.5, 0.6) is 0 Å². The molecule has 4 unspecified atom stereocenters. The predicted octanol–water partition coefficient (Wildman–Crippen LogP) is 3.22. The minimum atomic E-state index is 0.515. The van der Waals surface area contributed by atoms with Crippen molar-refractivity contribution >= 4 is 0 Å². The van der Waals surface area contributed by atoms with Crippen molar-refractivity contribution in [1.82, 2.24) is 5.32 Å². The van der Waals surface area contributed by atoms with E-state index >= 15 is 0 Å². The molecule has 2 aliphatic rings. The number of rotatable bonds is 4. The maximum Gasteiger partial charge on any atom is 0.0623 e. The van der Waals surface area contributed by atoms with Gasteiger partial charge in [-0.1, -0.05) is 27.2 Å². The molecule has 0 aromatic carbocycles. The zero-order valence-corrected chi connectivity index (χ0v) is 11.7. The van der Waals surface area contributed by atoms with Crippen LogP contribution in [-0.4, -0.2) is 25.3 Å². The molecule has 1 aliphatic heterocycles. The summed E-state index contributed by atoms with van der Waals surface area (Å²) in [6.07, 6.45) is 7.17. The first-order valence-corrected chi connectivity index (χ1v) is 7.51. The Hall–Kier alpha value is -0.0800. The van der Waals surface area contributed by atoms with Gasteiger partial charge in [0.25, 0.3) is 0 Å². The van der Waals surface area contributed by atoms with Gasteiger partial charge in [-0.05, 0) is 50.0 Å². The van der Waals surface area contributed by atoms with Gasteiger partial charge in [0, 0.05) is 6.04 Å². The lowest BCUT2D eigenvalue weighted by atomic mass is 9.75. The Labute approximate surface area is 107 Å². The molecule has 1 saturated carbocycles. The topological polar surface area (TPSA) is 21.3 Å². The normalized spacial score (nSPS) is 38.8. The fourth-order valence-electron chi connectivity index (χ4n) is 3.45. The fraction of sp³-hybridized carbons (Fsp3) is 1.00. The van der Waals surface area contributed by atoms with Crippen molar-refractivity contribution in [2.24, 2.45) is 17.8 Å². The molecule has 0 aromatic rings. The first-order chi connectivity index (χ1) is 8.16. The van der Waals surface area contributed by atoms with Crippen molar-refractivity contribution in [3.05, 3.63) is 0 Å². The number of hydrogen-bond acceptors (Lipinski definition) is 2. The standard InChI is InChI=1S/C15H29NO/c1-11(2)14-7-6-12(3)9-15(14)17-10-13-5-4-8-16-13/h11-16H,4-10H2,1-3H3. The van der Waals surface area contributed by atoms with Crippen LogP contribution in [0, 0.1) is 17.8 Å². The minimum absolute atomic E-state index is 0.515. The summed E-state index contributed by atoms with van der Waals surface area (Å²) < 4.78 is 6.25. The SMILES string of the molecule is CC1CCC(C(C)C)C(OCC2CCCN2)C1. The lowest BCUT2D eigenvalue weighted by Crippen LogP contribution is -2.37. The summed E-state index contributed by atoms with van der Waals surface area (Å²) in [5, 5.41) is 3.53. The van der Waals surface area contributed by atoms with Crippen molar-refractivity contribution in [3.63, 3.8) is 0 Å². The second-order valence-corrected chi connectivity index (χ2v) is 6.49. The first-order valence-electron chi connectivity index (χ1n) is 7.51. The molecule has 0 radical (unpaired) electrons. The van der Waals surface area contributed by atoms with E-state index in [0.29, 0.717) is 12.1 Å². The molecule has 100 valence electrons. The molecule has 1 N–H and O–H groups in total. The van der Waals surface area contributed by atoms with Crippen molar-refractivity contribution < 1.29 is 4.74 Å². The smallest absolute Gasteiger partial charge is 0.0623 e. The van der Waals surface area contributed by atoms with Crippen LogP contribution in [0.2, 0.25) is 0 Å². The van der Waals surface area contributed by atoms with E-state index in [1.54, 1.807) is 0 Å². The van der Waals surface area contributed by atoms with Gasteiger partial charge < -0.3 is 10.1 Å². The van der Waals surface area contributed by atoms with E-state index in [0.717, 1.165) is 24.4 Å². The zero-order chi connectivity index (χ0) is 12.3. The summed E-state index contributed by atoms with van der Waals surface area (Å²) in [6, 6.07) is 0.625. The molecule has 1 aliphatic carbocycles. The van der Waals surface area contributed by atoms with Crippen LogP contribution in [0.1, 0.15) is 52.9 Å². The van der Waals surface area contributed by atoms with Gasteiger partial charge in [-0.25, -0.2) is 0 Å². The number of hydrogen-bond donors (Lipinski definition) is 1. The zero-order valence-electron chi connectivity index (χ0n) is 11.7. The van der Waals surface area contributed by atoms with Crippen molar-refractivity contribution in [3.8, 4) is 0 Å². The van der Waals surface area contributed by atoms with Crippen molar-refractivity contribution in [2.75, 3.05) is 13.2 Å². The van der Waals surface area contributed by atoms with E-state index in [1.165, 1.54) is 38.6 Å². The lowest BCUT2D eigenvalue weighted by Gasteiger charge is -2.37. The maximum absolute atomic E-state index is 6.25. The van der Waals surface area contributed by atoms with Crippen LogP contribution >= 0.6 is 0 Å². The molecule has 17 heavy (non-hydrogen) atoms. The first kappa shape index (κ1) is 13.4. The molecule has 2 heteroatoms. The van der Waals surface area contributed by atoms with Crippen LogP contribution in [0.15, 0.2) is 0 Å². The third kappa shape index (κ3) is 3.69. The largest absolute Gasteiger partial charge is 0.376 e.